The van der Waals surface area contributed by atoms with E-state index in [1.54, 1.807) is 17.4 Å². The molecule has 1 amide bonds. The molecule has 0 fully saturated rings. The van der Waals surface area contributed by atoms with Crippen LogP contribution >= 0.6 is 39.9 Å². The van der Waals surface area contributed by atoms with Crippen molar-refractivity contribution in [3.63, 3.8) is 0 Å². The van der Waals surface area contributed by atoms with E-state index in [-0.39, 0.29) is 5.91 Å². The van der Waals surface area contributed by atoms with E-state index in [0.29, 0.717) is 12.1 Å². The second kappa shape index (κ2) is 5.86. The van der Waals surface area contributed by atoms with E-state index in [1.165, 1.54) is 0 Å². The average molecular weight is 343 g/mol. The van der Waals surface area contributed by atoms with Gasteiger partial charge in [-0.1, -0.05) is 0 Å². The van der Waals surface area contributed by atoms with Gasteiger partial charge in [-0.15, -0.1) is 24.0 Å². The van der Waals surface area contributed by atoms with Gasteiger partial charge in [0.05, 0.1) is 22.8 Å². The van der Waals surface area contributed by atoms with Crippen molar-refractivity contribution in [2.24, 2.45) is 0 Å². The van der Waals surface area contributed by atoms with Crippen LogP contribution in [0.5, 0.6) is 0 Å². The molecule has 2 aromatic rings. The first-order chi connectivity index (χ1) is 8.56. The number of halogens is 1. The number of rotatable bonds is 3. The van der Waals surface area contributed by atoms with Crippen LogP contribution < -0.4 is 5.32 Å². The Kier molecular flexibility index (Phi) is 4.42. The third-order valence-electron chi connectivity index (χ3n) is 2.29. The second-order valence-electron chi connectivity index (χ2n) is 3.70. The Hall–Kier alpha value is -0.850. The zero-order chi connectivity index (χ0) is 13.1. The fourth-order valence-electron chi connectivity index (χ4n) is 1.44. The molecule has 0 aliphatic heterocycles. The Morgan fingerprint density at radius 3 is 3.00 bits per heavy atom. The molecule has 1 N–H and O–H groups in total. The normalized spacial score (nSPS) is 10.4. The zero-order valence-corrected chi connectivity index (χ0v) is 12.9. The van der Waals surface area contributed by atoms with Crippen LogP contribution in [0.15, 0.2) is 32.9 Å². The molecule has 1 aromatic carbocycles. The monoisotopic (exact) mass is 342 g/mol. The van der Waals surface area contributed by atoms with Crippen molar-refractivity contribution < 1.29 is 4.79 Å². The fourth-order valence-corrected chi connectivity index (χ4v) is 2.69. The molecule has 6 heteroatoms. The van der Waals surface area contributed by atoms with E-state index >= 15 is 0 Å². The van der Waals surface area contributed by atoms with Crippen molar-refractivity contribution in [2.75, 3.05) is 0 Å². The molecule has 0 aliphatic carbocycles. The molecular formula is C12H11BrN2OS2. The highest BCUT2D eigenvalue weighted by atomic mass is 79.9. The number of nitrogens with one attached hydrogen (secondary N) is 1. The Balaban J connectivity index is 2.05. The van der Waals surface area contributed by atoms with Crippen molar-refractivity contribution in [1.29, 1.82) is 0 Å². The van der Waals surface area contributed by atoms with Gasteiger partial charge in [-0.25, -0.2) is 4.98 Å². The van der Waals surface area contributed by atoms with Gasteiger partial charge in [-0.05, 0) is 41.1 Å². The summed E-state index contributed by atoms with van der Waals surface area (Å²) < 4.78 is 0.757. The SMILES string of the molecule is Cc1nc(CNC(=O)c2cc(S)ccc2Br)cs1. The van der Waals surface area contributed by atoms with Crippen molar-refractivity contribution in [3.8, 4) is 0 Å². The maximum absolute atomic E-state index is 12.0. The van der Waals surface area contributed by atoms with Crippen LogP contribution in [0.25, 0.3) is 0 Å². The smallest absolute Gasteiger partial charge is 0.252 e. The lowest BCUT2D eigenvalue weighted by Crippen LogP contribution is -2.23. The minimum absolute atomic E-state index is 0.136. The first-order valence-electron chi connectivity index (χ1n) is 5.24. The molecule has 3 nitrogen and oxygen atoms in total. The van der Waals surface area contributed by atoms with Gasteiger partial charge in [0, 0.05) is 14.7 Å². The number of thiol groups is 1. The third-order valence-corrected chi connectivity index (χ3v) is 4.08. The number of aromatic nitrogens is 1. The standard InChI is InChI=1S/C12H11BrN2OS2/c1-7-15-8(6-18-7)5-14-12(16)10-4-9(17)2-3-11(10)13/h2-4,6,17H,5H2,1H3,(H,14,16). The highest BCUT2D eigenvalue weighted by Crippen LogP contribution is 2.20. The predicted molar refractivity (Wildman–Crippen MR) is 79.4 cm³/mol. The van der Waals surface area contributed by atoms with Gasteiger partial charge in [0.1, 0.15) is 0 Å². The molecule has 94 valence electrons. The Bertz CT molecular complexity index is 583. The van der Waals surface area contributed by atoms with Crippen molar-refractivity contribution in [3.05, 3.63) is 44.3 Å². The molecule has 0 saturated carbocycles. The number of amides is 1. The van der Waals surface area contributed by atoms with Gasteiger partial charge in [0.2, 0.25) is 0 Å². The molecule has 2 rings (SSSR count). The summed E-state index contributed by atoms with van der Waals surface area (Å²) in [5.74, 6) is -0.136. The van der Waals surface area contributed by atoms with Crippen LogP contribution in [0.1, 0.15) is 21.1 Å². The van der Waals surface area contributed by atoms with Crippen LogP contribution in [-0.4, -0.2) is 10.9 Å². The van der Waals surface area contributed by atoms with E-state index in [1.807, 2.05) is 24.4 Å². The number of carbonyl (C=O) groups is 1. The van der Waals surface area contributed by atoms with E-state index in [9.17, 15) is 4.79 Å². The number of thiazole rings is 1. The van der Waals surface area contributed by atoms with E-state index < -0.39 is 0 Å². The molecule has 18 heavy (non-hydrogen) atoms. The molecule has 0 atom stereocenters. The van der Waals surface area contributed by atoms with Gasteiger partial charge in [-0.3, -0.25) is 4.79 Å². The molecule has 1 heterocycles. The average Bonchev–Trinajstić information content (AvgIpc) is 2.75. The summed E-state index contributed by atoms with van der Waals surface area (Å²) in [6.07, 6.45) is 0. The van der Waals surface area contributed by atoms with Crippen LogP contribution in [0.3, 0.4) is 0 Å². The van der Waals surface area contributed by atoms with Gasteiger partial charge in [0.15, 0.2) is 0 Å². The fraction of sp³-hybridized carbons (Fsp3) is 0.167. The Labute approximate surface area is 123 Å². The molecule has 0 unspecified atom stereocenters. The zero-order valence-electron chi connectivity index (χ0n) is 9.61. The van der Waals surface area contributed by atoms with Crippen LogP contribution in [0.4, 0.5) is 0 Å². The van der Waals surface area contributed by atoms with Crippen LogP contribution in [0.2, 0.25) is 0 Å². The first-order valence-corrected chi connectivity index (χ1v) is 7.36. The second-order valence-corrected chi connectivity index (χ2v) is 6.14. The number of carbonyl (C=O) groups excluding carboxylic acids is 1. The molecule has 0 spiro atoms. The maximum atomic E-state index is 12.0. The van der Waals surface area contributed by atoms with E-state index in [0.717, 1.165) is 20.1 Å². The summed E-state index contributed by atoms with van der Waals surface area (Å²) in [6, 6.07) is 5.37. The highest BCUT2D eigenvalue weighted by molar-refractivity contribution is 9.10. The summed E-state index contributed by atoms with van der Waals surface area (Å²) >= 11 is 9.15. The molecule has 0 saturated heterocycles. The summed E-state index contributed by atoms with van der Waals surface area (Å²) in [4.78, 5) is 17.0. The summed E-state index contributed by atoms with van der Waals surface area (Å²) in [7, 11) is 0. The lowest BCUT2D eigenvalue weighted by Gasteiger charge is -2.06. The summed E-state index contributed by atoms with van der Waals surface area (Å²) in [5, 5.41) is 5.78. The number of hydrogen-bond acceptors (Lipinski definition) is 4. The van der Waals surface area contributed by atoms with Gasteiger partial charge in [0.25, 0.3) is 5.91 Å². The van der Waals surface area contributed by atoms with Crippen molar-refractivity contribution in [2.45, 2.75) is 18.4 Å². The summed E-state index contributed by atoms with van der Waals surface area (Å²) in [6.45, 7) is 2.38. The van der Waals surface area contributed by atoms with E-state index in [2.05, 4.69) is 38.9 Å². The molecule has 1 aromatic heterocycles. The van der Waals surface area contributed by atoms with Crippen LogP contribution in [0, 0.1) is 6.92 Å². The van der Waals surface area contributed by atoms with Crippen LogP contribution in [-0.2, 0) is 6.54 Å². The molecule has 0 bridgehead atoms. The Morgan fingerprint density at radius 1 is 1.56 bits per heavy atom. The number of nitrogens with zero attached hydrogens (tertiary/aromatic N) is 1. The topological polar surface area (TPSA) is 42.0 Å². The lowest BCUT2D eigenvalue weighted by molar-refractivity contribution is 0.0949. The minimum Gasteiger partial charge on any atom is -0.346 e. The number of aryl methyl sites for hydroxylation is 1. The number of hydrogen-bond donors (Lipinski definition) is 2. The largest absolute Gasteiger partial charge is 0.346 e. The minimum atomic E-state index is -0.136. The highest BCUT2D eigenvalue weighted by Gasteiger charge is 2.10. The quantitative estimate of drug-likeness (QED) is 0.839. The van der Waals surface area contributed by atoms with Gasteiger partial charge < -0.3 is 5.32 Å². The lowest BCUT2D eigenvalue weighted by atomic mass is 10.2. The van der Waals surface area contributed by atoms with Crippen molar-refractivity contribution >= 4 is 45.8 Å². The molecular weight excluding hydrogens is 332 g/mol. The molecule has 0 radical (unpaired) electrons. The first kappa shape index (κ1) is 13.6. The predicted octanol–water partition coefficient (Wildman–Crippen LogP) is 3.43. The number of benzene rings is 1. The van der Waals surface area contributed by atoms with Gasteiger partial charge >= 0.3 is 0 Å². The maximum Gasteiger partial charge on any atom is 0.252 e. The third kappa shape index (κ3) is 3.34. The van der Waals surface area contributed by atoms with Crippen molar-refractivity contribution in [1.82, 2.24) is 10.3 Å². The van der Waals surface area contributed by atoms with E-state index in [4.69, 9.17) is 0 Å². The summed E-state index contributed by atoms with van der Waals surface area (Å²) in [5.41, 5.74) is 1.46. The van der Waals surface area contributed by atoms with Gasteiger partial charge in [-0.2, -0.15) is 0 Å². The Morgan fingerprint density at radius 2 is 2.33 bits per heavy atom. The molecule has 0 aliphatic rings.